The Labute approximate surface area is 124 Å². The number of nitrogens with one attached hydrogen (secondary N) is 2. The topological polar surface area (TPSA) is 41.1 Å². The van der Waals surface area contributed by atoms with Gasteiger partial charge >= 0.3 is 6.03 Å². The lowest BCUT2D eigenvalue weighted by molar-refractivity contribution is 0.249. The zero-order valence-electron chi connectivity index (χ0n) is 12.4. The fraction of sp³-hybridized carbons (Fsp3) is 0.235. The van der Waals surface area contributed by atoms with E-state index in [0.29, 0.717) is 0 Å². The number of urea groups is 1. The van der Waals surface area contributed by atoms with E-state index in [9.17, 15) is 9.18 Å². The highest BCUT2D eigenvalue weighted by Gasteiger charge is 2.11. The lowest BCUT2D eigenvalue weighted by atomic mass is 10.0. The summed E-state index contributed by atoms with van der Waals surface area (Å²) in [6.45, 7) is 5.97. The van der Waals surface area contributed by atoms with Crippen LogP contribution in [0, 0.1) is 19.7 Å². The zero-order chi connectivity index (χ0) is 15.4. The van der Waals surface area contributed by atoms with Crippen molar-refractivity contribution in [2.45, 2.75) is 26.8 Å². The van der Waals surface area contributed by atoms with Crippen molar-refractivity contribution in [3.63, 3.8) is 0 Å². The Hall–Kier alpha value is -2.36. The molecule has 0 saturated heterocycles. The van der Waals surface area contributed by atoms with Gasteiger partial charge in [0.1, 0.15) is 5.82 Å². The van der Waals surface area contributed by atoms with Gasteiger partial charge in [0.05, 0.1) is 11.7 Å². The predicted molar refractivity (Wildman–Crippen MR) is 82.9 cm³/mol. The third-order valence-electron chi connectivity index (χ3n) is 3.50. The second kappa shape index (κ2) is 6.39. The van der Waals surface area contributed by atoms with E-state index in [2.05, 4.69) is 10.6 Å². The van der Waals surface area contributed by atoms with Gasteiger partial charge in [-0.2, -0.15) is 0 Å². The molecule has 0 aliphatic rings. The summed E-state index contributed by atoms with van der Waals surface area (Å²) in [6.07, 6.45) is 0. The monoisotopic (exact) mass is 286 g/mol. The van der Waals surface area contributed by atoms with Crippen LogP contribution in [0.2, 0.25) is 0 Å². The first-order valence-corrected chi connectivity index (χ1v) is 6.86. The molecule has 0 saturated carbocycles. The van der Waals surface area contributed by atoms with Gasteiger partial charge in [-0.15, -0.1) is 0 Å². The number of hydrogen-bond donors (Lipinski definition) is 2. The van der Waals surface area contributed by atoms with E-state index >= 15 is 0 Å². The van der Waals surface area contributed by atoms with Gasteiger partial charge in [-0.25, -0.2) is 9.18 Å². The highest BCUT2D eigenvalue weighted by Crippen LogP contribution is 2.17. The predicted octanol–water partition coefficient (Wildman–Crippen LogP) is 4.33. The highest BCUT2D eigenvalue weighted by atomic mass is 19.1. The molecule has 2 N–H and O–H groups in total. The highest BCUT2D eigenvalue weighted by molar-refractivity contribution is 5.89. The van der Waals surface area contributed by atoms with Crippen molar-refractivity contribution in [3.05, 3.63) is 65.0 Å². The number of anilines is 1. The van der Waals surface area contributed by atoms with Gasteiger partial charge in [0.25, 0.3) is 0 Å². The molecule has 0 spiro atoms. The van der Waals surface area contributed by atoms with Crippen LogP contribution < -0.4 is 10.6 Å². The Balaban J connectivity index is 2.02. The van der Waals surface area contributed by atoms with Crippen LogP contribution >= 0.6 is 0 Å². The number of halogens is 1. The molecule has 0 fully saturated rings. The van der Waals surface area contributed by atoms with E-state index < -0.39 is 11.8 Å². The van der Waals surface area contributed by atoms with Crippen molar-refractivity contribution in [2.75, 3.05) is 5.32 Å². The molecule has 0 aliphatic heterocycles. The van der Waals surface area contributed by atoms with Crippen LogP contribution in [-0.4, -0.2) is 6.03 Å². The normalized spacial score (nSPS) is 11.8. The van der Waals surface area contributed by atoms with Crippen LogP contribution in [-0.2, 0) is 0 Å². The minimum Gasteiger partial charge on any atom is -0.331 e. The molecule has 0 unspecified atom stereocenters. The molecule has 3 nitrogen and oxygen atoms in total. The molecule has 4 heteroatoms. The maximum absolute atomic E-state index is 13.5. The van der Waals surface area contributed by atoms with E-state index in [-0.39, 0.29) is 11.7 Å². The SMILES string of the molecule is Cc1ccc([C@H](C)NC(=O)Nc2ccccc2F)cc1C. The van der Waals surface area contributed by atoms with Gasteiger partial charge < -0.3 is 10.6 Å². The first-order chi connectivity index (χ1) is 9.97. The molecule has 1 atom stereocenters. The van der Waals surface area contributed by atoms with E-state index in [1.165, 1.54) is 23.3 Å². The minimum atomic E-state index is -0.452. The summed E-state index contributed by atoms with van der Waals surface area (Å²) < 4.78 is 13.5. The van der Waals surface area contributed by atoms with Crippen molar-refractivity contribution < 1.29 is 9.18 Å². The Morgan fingerprint density at radius 2 is 1.81 bits per heavy atom. The standard InChI is InChI=1S/C17H19FN2O/c1-11-8-9-14(10-12(11)2)13(3)19-17(21)20-16-7-5-4-6-15(16)18/h4-10,13H,1-3H3,(H2,19,20,21)/t13-/m0/s1. The van der Waals surface area contributed by atoms with Crippen LogP contribution in [0.15, 0.2) is 42.5 Å². The van der Waals surface area contributed by atoms with Crippen molar-refractivity contribution in [3.8, 4) is 0 Å². The number of benzene rings is 2. The molecule has 0 radical (unpaired) electrons. The van der Waals surface area contributed by atoms with Crippen LogP contribution in [0.4, 0.5) is 14.9 Å². The Morgan fingerprint density at radius 3 is 2.48 bits per heavy atom. The summed E-state index contributed by atoms with van der Waals surface area (Å²) in [5.41, 5.74) is 3.57. The summed E-state index contributed by atoms with van der Waals surface area (Å²) in [6, 6.07) is 11.6. The van der Waals surface area contributed by atoms with Gasteiger partial charge in [0, 0.05) is 0 Å². The quantitative estimate of drug-likeness (QED) is 0.866. The van der Waals surface area contributed by atoms with E-state index in [1.54, 1.807) is 12.1 Å². The van der Waals surface area contributed by atoms with Crippen molar-refractivity contribution in [1.29, 1.82) is 0 Å². The van der Waals surface area contributed by atoms with Crippen LogP contribution in [0.25, 0.3) is 0 Å². The van der Waals surface area contributed by atoms with Crippen molar-refractivity contribution >= 4 is 11.7 Å². The van der Waals surface area contributed by atoms with Crippen LogP contribution in [0.1, 0.15) is 29.7 Å². The van der Waals surface area contributed by atoms with Gasteiger partial charge in [-0.3, -0.25) is 0 Å². The third kappa shape index (κ3) is 3.81. The number of carbonyl (C=O) groups is 1. The van der Waals surface area contributed by atoms with Crippen LogP contribution in [0.3, 0.4) is 0 Å². The number of aryl methyl sites for hydroxylation is 2. The van der Waals surface area contributed by atoms with E-state index in [4.69, 9.17) is 0 Å². The molecule has 2 amide bonds. The number of hydrogen-bond acceptors (Lipinski definition) is 1. The summed E-state index contributed by atoms with van der Waals surface area (Å²) in [4.78, 5) is 11.9. The van der Waals surface area contributed by atoms with Crippen LogP contribution in [0.5, 0.6) is 0 Å². The molecule has 0 aliphatic carbocycles. The first-order valence-electron chi connectivity index (χ1n) is 6.86. The second-order valence-corrected chi connectivity index (χ2v) is 5.14. The first kappa shape index (κ1) is 15.0. The minimum absolute atomic E-state index is 0.156. The molecule has 0 bridgehead atoms. The maximum Gasteiger partial charge on any atom is 0.319 e. The summed E-state index contributed by atoms with van der Waals surface area (Å²) in [5, 5.41) is 5.31. The van der Waals surface area contributed by atoms with E-state index in [0.717, 1.165) is 5.56 Å². The average Bonchev–Trinajstić information content (AvgIpc) is 2.44. The lowest BCUT2D eigenvalue weighted by Crippen LogP contribution is -2.31. The summed E-state index contributed by atoms with van der Waals surface area (Å²) in [7, 11) is 0. The van der Waals surface area contributed by atoms with Crippen molar-refractivity contribution in [1.82, 2.24) is 5.32 Å². The van der Waals surface area contributed by atoms with Gasteiger partial charge in [-0.1, -0.05) is 30.3 Å². The smallest absolute Gasteiger partial charge is 0.319 e. The molecule has 0 aromatic heterocycles. The van der Waals surface area contributed by atoms with Gasteiger partial charge in [-0.05, 0) is 49.6 Å². The molecule has 2 aromatic carbocycles. The molecule has 21 heavy (non-hydrogen) atoms. The third-order valence-corrected chi connectivity index (χ3v) is 3.50. The van der Waals surface area contributed by atoms with Crippen molar-refractivity contribution in [2.24, 2.45) is 0 Å². The number of para-hydroxylation sites is 1. The Morgan fingerprint density at radius 1 is 1.10 bits per heavy atom. The Bertz CT molecular complexity index is 655. The zero-order valence-corrected chi connectivity index (χ0v) is 12.4. The fourth-order valence-electron chi connectivity index (χ4n) is 2.03. The van der Waals surface area contributed by atoms with Gasteiger partial charge in [0.2, 0.25) is 0 Å². The number of rotatable bonds is 3. The fourth-order valence-corrected chi connectivity index (χ4v) is 2.03. The molecular formula is C17H19FN2O. The van der Waals surface area contributed by atoms with Gasteiger partial charge in [0.15, 0.2) is 0 Å². The summed E-state index contributed by atoms with van der Waals surface area (Å²) >= 11 is 0. The molecule has 2 aromatic rings. The molecule has 2 rings (SSSR count). The number of amides is 2. The van der Waals surface area contributed by atoms with E-state index in [1.807, 2.05) is 39.0 Å². The summed E-state index contributed by atoms with van der Waals surface area (Å²) in [5.74, 6) is -0.452. The second-order valence-electron chi connectivity index (χ2n) is 5.14. The average molecular weight is 286 g/mol. The molecule has 0 heterocycles. The largest absolute Gasteiger partial charge is 0.331 e. The number of carbonyl (C=O) groups excluding carboxylic acids is 1. The molecular weight excluding hydrogens is 267 g/mol. The lowest BCUT2D eigenvalue weighted by Gasteiger charge is -2.16. The maximum atomic E-state index is 13.5. The molecule has 110 valence electrons. The Kier molecular flexibility index (Phi) is 4.58.